The minimum atomic E-state index is -3.90. The normalized spacial score (nSPS) is 11.3. The van der Waals surface area contributed by atoms with Crippen molar-refractivity contribution in [2.75, 3.05) is 25.5 Å². The number of para-hydroxylation sites is 1. The van der Waals surface area contributed by atoms with Crippen LogP contribution in [-0.2, 0) is 10.0 Å². The zero-order valence-electron chi connectivity index (χ0n) is 20.8. The number of sulfonamides is 1. The molecule has 2 aromatic carbocycles. The van der Waals surface area contributed by atoms with Crippen molar-refractivity contribution in [2.24, 2.45) is 0 Å². The molecule has 11 nitrogen and oxygen atoms in total. The van der Waals surface area contributed by atoms with E-state index in [4.69, 9.17) is 19.2 Å². The van der Waals surface area contributed by atoms with E-state index in [1.165, 1.54) is 32.5 Å². The fourth-order valence-electron chi connectivity index (χ4n) is 3.90. The standard InChI is InChI=1S/C26H24N6O5S/c1-4-37-22-15-8-12-18(28-22)25-30-24-26(32(25)23-19(35-2)13-9-14-20(23)36-3)29-21(16-27-24)31-38(33,34)17-10-6-5-7-11-17/h5-16H,4H2,1-3H3,(H,29,31). The Balaban J connectivity index is 1.75. The molecule has 3 heterocycles. The third-order valence-corrected chi connectivity index (χ3v) is 6.90. The number of pyridine rings is 1. The first-order chi connectivity index (χ1) is 18.4. The molecule has 194 valence electrons. The Morgan fingerprint density at radius 1 is 0.868 bits per heavy atom. The van der Waals surface area contributed by atoms with Crippen LogP contribution in [0.2, 0.25) is 0 Å². The number of nitrogens with zero attached hydrogens (tertiary/aromatic N) is 5. The van der Waals surface area contributed by atoms with Gasteiger partial charge in [-0.05, 0) is 37.3 Å². The molecule has 0 amide bonds. The highest BCUT2D eigenvalue weighted by molar-refractivity contribution is 7.92. The summed E-state index contributed by atoms with van der Waals surface area (Å²) in [4.78, 5) is 18.4. The second-order valence-corrected chi connectivity index (χ2v) is 9.58. The van der Waals surface area contributed by atoms with Crippen LogP contribution in [-0.4, -0.2) is 53.7 Å². The van der Waals surface area contributed by atoms with Gasteiger partial charge in [-0.25, -0.2) is 28.4 Å². The maximum Gasteiger partial charge on any atom is 0.263 e. The minimum Gasteiger partial charge on any atom is -0.494 e. The lowest BCUT2D eigenvalue weighted by Crippen LogP contribution is -2.14. The van der Waals surface area contributed by atoms with Crippen molar-refractivity contribution in [3.05, 3.63) is 72.9 Å². The van der Waals surface area contributed by atoms with Gasteiger partial charge in [-0.1, -0.05) is 30.3 Å². The molecule has 0 fully saturated rings. The predicted octanol–water partition coefficient (Wildman–Crippen LogP) is 4.09. The van der Waals surface area contributed by atoms with Crippen molar-refractivity contribution in [3.8, 4) is 34.6 Å². The molecule has 5 rings (SSSR count). The lowest BCUT2D eigenvalue weighted by molar-refractivity contribution is 0.327. The lowest BCUT2D eigenvalue weighted by Gasteiger charge is -2.16. The maximum atomic E-state index is 13.0. The summed E-state index contributed by atoms with van der Waals surface area (Å²) in [5, 5.41) is 0. The average Bonchev–Trinajstić information content (AvgIpc) is 3.31. The summed E-state index contributed by atoms with van der Waals surface area (Å²) >= 11 is 0. The number of ether oxygens (including phenoxy) is 3. The Kier molecular flexibility index (Phi) is 6.79. The van der Waals surface area contributed by atoms with Crippen molar-refractivity contribution in [1.82, 2.24) is 24.5 Å². The van der Waals surface area contributed by atoms with E-state index < -0.39 is 10.0 Å². The zero-order chi connectivity index (χ0) is 26.7. The van der Waals surface area contributed by atoms with E-state index in [-0.39, 0.29) is 22.0 Å². The van der Waals surface area contributed by atoms with E-state index >= 15 is 0 Å². The Hall–Kier alpha value is -4.71. The molecule has 38 heavy (non-hydrogen) atoms. The summed E-state index contributed by atoms with van der Waals surface area (Å²) in [6.45, 7) is 2.32. The summed E-state index contributed by atoms with van der Waals surface area (Å²) in [5.74, 6) is 1.77. The smallest absolute Gasteiger partial charge is 0.263 e. The van der Waals surface area contributed by atoms with E-state index in [2.05, 4.69) is 19.7 Å². The molecule has 0 spiro atoms. The second kappa shape index (κ2) is 10.3. The van der Waals surface area contributed by atoms with Gasteiger partial charge in [-0.15, -0.1) is 0 Å². The number of hydrogen-bond donors (Lipinski definition) is 1. The molecule has 3 aromatic heterocycles. The molecule has 0 saturated carbocycles. The van der Waals surface area contributed by atoms with Crippen LogP contribution in [0.5, 0.6) is 17.4 Å². The predicted molar refractivity (Wildman–Crippen MR) is 141 cm³/mol. The van der Waals surface area contributed by atoms with E-state index in [9.17, 15) is 8.42 Å². The summed E-state index contributed by atoms with van der Waals surface area (Å²) < 4.78 is 47.0. The highest BCUT2D eigenvalue weighted by Gasteiger charge is 2.24. The number of anilines is 1. The van der Waals surface area contributed by atoms with Gasteiger partial charge in [0.2, 0.25) is 5.88 Å². The molecule has 0 aliphatic carbocycles. The van der Waals surface area contributed by atoms with Gasteiger partial charge in [-0.3, -0.25) is 9.29 Å². The number of imidazole rings is 1. The van der Waals surface area contributed by atoms with Gasteiger partial charge in [0.25, 0.3) is 10.0 Å². The van der Waals surface area contributed by atoms with Crippen LogP contribution in [0.25, 0.3) is 28.5 Å². The number of benzene rings is 2. The van der Waals surface area contributed by atoms with Gasteiger partial charge in [0.15, 0.2) is 22.9 Å². The lowest BCUT2D eigenvalue weighted by atomic mass is 10.2. The van der Waals surface area contributed by atoms with Gasteiger partial charge >= 0.3 is 0 Å². The van der Waals surface area contributed by atoms with E-state index in [1.54, 1.807) is 59.2 Å². The number of hydrogen-bond acceptors (Lipinski definition) is 9. The fourth-order valence-corrected chi connectivity index (χ4v) is 4.91. The molecule has 0 bridgehead atoms. The Morgan fingerprint density at radius 2 is 1.58 bits per heavy atom. The van der Waals surface area contributed by atoms with Crippen molar-refractivity contribution >= 4 is 27.1 Å². The van der Waals surface area contributed by atoms with Crippen LogP contribution in [0, 0.1) is 0 Å². The summed E-state index contributed by atoms with van der Waals surface area (Å²) in [6.07, 6.45) is 1.31. The Morgan fingerprint density at radius 3 is 2.26 bits per heavy atom. The topological polar surface area (TPSA) is 130 Å². The maximum absolute atomic E-state index is 13.0. The van der Waals surface area contributed by atoms with Gasteiger partial charge in [0, 0.05) is 6.07 Å². The molecular weight excluding hydrogens is 508 g/mol. The SMILES string of the molecule is CCOc1cccc(-c2nc3ncc(NS(=O)(=O)c4ccccc4)nc3n2-c2c(OC)cccc2OC)n1. The molecule has 12 heteroatoms. The molecular formula is C26H24N6O5S. The van der Waals surface area contributed by atoms with Crippen LogP contribution in [0.3, 0.4) is 0 Å². The molecule has 0 saturated heterocycles. The molecule has 0 aliphatic heterocycles. The summed E-state index contributed by atoms with van der Waals surface area (Å²) in [5.41, 5.74) is 1.50. The van der Waals surface area contributed by atoms with E-state index in [1.807, 2.05) is 6.92 Å². The Labute approximate surface area is 219 Å². The molecule has 0 aliphatic rings. The molecule has 0 radical (unpaired) electrons. The first-order valence-corrected chi connectivity index (χ1v) is 13.1. The van der Waals surface area contributed by atoms with Crippen LogP contribution in [0.15, 0.2) is 77.8 Å². The van der Waals surface area contributed by atoms with Crippen molar-refractivity contribution in [2.45, 2.75) is 11.8 Å². The summed E-state index contributed by atoms with van der Waals surface area (Å²) in [6, 6.07) is 18.7. The quantitative estimate of drug-likeness (QED) is 0.298. The average molecular weight is 533 g/mol. The van der Waals surface area contributed by atoms with E-state index in [0.29, 0.717) is 41.2 Å². The third kappa shape index (κ3) is 4.68. The number of fused-ring (bicyclic) bond motifs is 1. The first kappa shape index (κ1) is 25.0. The van der Waals surface area contributed by atoms with Crippen LogP contribution in [0.1, 0.15) is 6.92 Å². The van der Waals surface area contributed by atoms with Crippen molar-refractivity contribution < 1.29 is 22.6 Å². The third-order valence-electron chi connectivity index (χ3n) is 5.53. The van der Waals surface area contributed by atoms with Crippen molar-refractivity contribution in [1.29, 1.82) is 0 Å². The van der Waals surface area contributed by atoms with Crippen LogP contribution < -0.4 is 18.9 Å². The highest BCUT2D eigenvalue weighted by Crippen LogP contribution is 2.38. The fraction of sp³-hybridized carbons (Fsp3) is 0.154. The van der Waals surface area contributed by atoms with E-state index in [0.717, 1.165) is 0 Å². The van der Waals surface area contributed by atoms with Gasteiger partial charge in [0.05, 0.1) is 31.9 Å². The second-order valence-electron chi connectivity index (χ2n) is 7.90. The van der Waals surface area contributed by atoms with Crippen LogP contribution in [0.4, 0.5) is 5.82 Å². The van der Waals surface area contributed by atoms with Gasteiger partial charge in [0.1, 0.15) is 22.9 Å². The zero-order valence-corrected chi connectivity index (χ0v) is 21.6. The number of methoxy groups -OCH3 is 2. The first-order valence-electron chi connectivity index (χ1n) is 11.6. The molecule has 0 unspecified atom stereocenters. The minimum absolute atomic E-state index is 0.0129. The van der Waals surface area contributed by atoms with Crippen molar-refractivity contribution in [3.63, 3.8) is 0 Å². The number of nitrogens with one attached hydrogen (secondary N) is 1. The molecule has 0 atom stereocenters. The number of rotatable bonds is 9. The molecule has 1 N–H and O–H groups in total. The van der Waals surface area contributed by atoms with Crippen LogP contribution >= 0.6 is 0 Å². The monoisotopic (exact) mass is 532 g/mol. The van der Waals surface area contributed by atoms with Gasteiger partial charge in [-0.2, -0.15) is 0 Å². The number of aromatic nitrogens is 5. The largest absolute Gasteiger partial charge is 0.494 e. The van der Waals surface area contributed by atoms with Gasteiger partial charge < -0.3 is 14.2 Å². The summed E-state index contributed by atoms with van der Waals surface area (Å²) in [7, 11) is -0.827. The molecule has 5 aromatic rings. The Bertz CT molecular complexity index is 1680. The highest BCUT2D eigenvalue weighted by atomic mass is 32.2.